The quantitative estimate of drug-likeness (QED) is 0.428. The smallest absolute Gasteiger partial charge is 0.137 e. The molecule has 1 aliphatic heterocycles. The summed E-state index contributed by atoms with van der Waals surface area (Å²) in [5.41, 5.74) is 3.12. The lowest BCUT2D eigenvalue weighted by molar-refractivity contribution is 0.385. The highest BCUT2D eigenvalue weighted by Gasteiger charge is 2.37. The first kappa shape index (κ1) is 16.8. The van der Waals surface area contributed by atoms with Crippen LogP contribution in [0.2, 0.25) is 0 Å². The van der Waals surface area contributed by atoms with Crippen LogP contribution < -0.4 is 4.74 Å². The molecule has 0 saturated heterocycles. The monoisotopic (exact) mass is 548 g/mol. The summed E-state index contributed by atoms with van der Waals surface area (Å²) in [6.07, 6.45) is 4.99. The van der Waals surface area contributed by atoms with E-state index in [-0.39, 0.29) is 17.4 Å². The molecule has 1 atom stereocenters. The lowest BCUT2D eigenvalue weighted by Crippen LogP contribution is -2.18. The summed E-state index contributed by atoms with van der Waals surface area (Å²) in [6.45, 7) is 1.90. The second kappa shape index (κ2) is 6.23. The van der Waals surface area contributed by atoms with Gasteiger partial charge in [-0.05, 0) is 83.0 Å². The fraction of sp³-hybridized carbons (Fsp3) is 0.368. The second-order valence-corrected chi connectivity index (χ2v) is 9.04. The van der Waals surface area contributed by atoms with Crippen molar-refractivity contribution in [3.8, 4) is 23.0 Å². The molecule has 24 heavy (non-hydrogen) atoms. The Labute approximate surface area is 168 Å². The van der Waals surface area contributed by atoms with E-state index >= 15 is 0 Å². The third kappa shape index (κ3) is 2.58. The van der Waals surface area contributed by atoms with Gasteiger partial charge < -0.3 is 14.9 Å². The molecule has 126 valence electrons. The second-order valence-electron chi connectivity index (χ2n) is 6.72. The summed E-state index contributed by atoms with van der Waals surface area (Å²) in [5.74, 6) is 2.88. The Morgan fingerprint density at radius 2 is 1.67 bits per heavy atom. The number of phenols is 2. The topological polar surface area (TPSA) is 49.7 Å². The third-order valence-electron chi connectivity index (χ3n) is 5.30. The average molecular weight is 548 g/mol. The molecule has 1 heterocycles. The lowest BCUT2D eigenvalue weighted by atomic mass is 9.77. The minimum atomic E-state index is 0.246. The van der Waals surface area contributed by atoms with Gasteiger partial charge in [0.25, 0.3) is 0 Å². The molecule has 5 heteroatoms. The van der Waals surface area contributed by atoms with Crippen LogP contribution in [0.15, 0.2) is 18.2 Å². The molecule has 0 spiro atoms. The van der Waals surface area contributed by atoms with Gasteiger partial charge in [-0.1, -0.05) is 12.8 Å². The van der Waals surface area contributed by atoms with Gasteiger partial charge in [-0.2, -0.15) is 0 Å². The summed E-state index contributed by atoms with van der Waals surface area (Å²) in [5, 5.41) is 20.4. The SMILES string of the molecule is Cc1c(O)c(I)cc2c1Oc1cc(O)c(I)cc1C2C1CCCC1. The Bertz CT molecular complexity index is 826. The van der Waals surface area contributed by atoms with Crippen LogP contribution >= 0.6 is 45.2 Å². The predicted octanol–water partition coefficient (Wildman–Crippen LogP) is 6.04. The molecule has 1 saturated carbocycles. The Balaban J connectivity index is 1.96. The van der Waals surface area contributed by atoms with Crippen LogP contribution in [-0.2, 0) is 0 Å². The molecule has 1 fully saturated rings. The van der Waals surface area contributed by atoms with E-state index in [2.05, 4.69) is 57.3 Å². The number of ether oxygens (including phenoxy) is 1. The first-order valence-electron chi connectivity index (χ1n) is 8.19. The van der Waals surface area contributed by atoms with Crippen molar-refractivity contribution in [3.63, 3.8) is 0 Å². The maximum atomic E-state index is 10.3. The molecule has 1 unspecified atom stereocenters. The van der Waals surface area contributed by atoms with Gasteiger partial charge >= 0.3 is 0 Å². The zero-order valence-corrected chi connectivity index (χ0v) is 17.6. The van der Waals surface area contributed by atoms with Crippen LogP contribution in [0.25, 0.3) is 0 Å². The van der Waals surface area contributed by atoms with E-state index in [9.17, 15) is 10.2 Å². The molecule has 0 aromatic heterocycles. The van der Waals surface area contributed by atoms with Crippen LogP contribution in [0.1, 0.15) is 48.3 Å². The number of phenolic OH excluding ortho intramolecular Hbond substituents is 2. The van der Waals surface area contributed by atoms with E-state index in [0.29, 0.717) is 5.92 Å². The summed E-state index contributed by atoms with van der Waals surface area (Å²) in [7, 11) is 0. The van der Waals surface area contributed by atoms with Gasteiger partial charge in [0.2, 0.25) is 0 Å². The summed E-state index contributed by atoms with van der Waals surface area (Å²) < 4.78 is 7.86. The number of fused-ring (bicyclic) bond motifs is 2. The largest absolute Gasteiger partial charge is 0.507 e. The molecule has 2 aliphatic rings. The van der Waals surface area contributed by atoms with Gasteiger partial charge in [0.1, 0.15) is 23.0 Å². The van der Waals surface area contributed by atoms with Crippen molar-refractivity contribution in [1.29, 1.82) is 0 Å². The third-order valence-corrected chi connectivity index (χ3v) is 6.99. The Morgan fingerprint density at radius 3 is 2.38 bits per heavy atom. The Hall–Kier alpha value is -0.700. The molecule has 1 aliphatic carbocycles. The Kier molecular flexibility index (Phi) is 4.35. The van der Waals surface area contributed by atoms with E-state index in [1.54, 1.807) is 6.07 Å². The highest BCUT2D eigenvalue weighted by atomic mass is 127. The number of benzene rings is 2. The van der Waals surface area contributed by atoms with Crippen LogP contribution in [0.5, 0.6) is 23.0 Å². The van der Waals surface area contributed by atoms with Crippen molar-refractivity contribution in [2.45, 2.75) is 38.5 Å². The van der Waals surface area contributed by atoms with Gasteiger partial charge in [0.15, 0.2) is 0 Å². The molecular formula is C19H18I2O3. The van der Waals surface area contributed by atoms with Gasteiger partial charge in [0, 0.05) is 28.7 Å². The zero-order valence-electron chi connectivity index (χ0n) is 13.3. The molecule has 0 bridgehead atoms. The van der Waals surface area contributed by atoms with Crippen molar-refractivity contribution in [3.05, 3.63) is 42.0 Å². The highest BCUT2D eigenvalue weighted by Crippen LogP contribution is 2.55. The molecule has 2 aromatic carbocycles. The first-order valence-corrected chi connectivity index (χ1v) is 10.4. The highest BCUT2D eigenvalue weighted by molar-refractivity contribution is 14.1. The van der Waals surface area contributed by atoms with E-state index in [1.165, 1.54) is 31.2 Å². The van der Waals surface area contributed by atoms with E-state index < -0.39 is 0 Å². The fourth-order valence-corrected chi connectivity index (χ4v) is 5.34. The van der Waals surface area contributed by atoms with Gasteiger partial charge in [-0.15, -0.1) is 0 Å². The summed E-state index contributed by atoms with van der Waals surface area (Å²) >= 11 is 4.37. The fourth-order valence-electron chi connectivity index (χ4n) is 4.11. The van der Waals surface area contributed by atoms with Crippen molar-refractivity contribution >= 4 is 45.2 Å². The predicted molar refractivity (Wildman–Crippen MR) is 110 cm³/mol. The summed E-state index contributed by atoms with van der Waals surface area (Å²) in [4.78, 5) is 0. The molecule has 2 aromatic rings. The van der Waals surface area contributed by atoms with E-state index in [4.69, 9.17) is 4.74 Å². The molecule has 0 amide bonds. The van der Waals surface area contributed by atoms with Crippen LogP contribution in [0, 0.1) is 20.0 Å². The number of halogens is 2. The van der Waals surface area contributed by atoms with Gasteiger partial charge in [-0.3, -0.25) is 0 Å². The molecule has 2 N–H and O–H groups in total. The van der Waals surface area contributed by atoms with Crippen molar-refractivity contribution in [1.82, 2.24) is 0 Å². The standard InChI is InChI=1S/C19H18I2O3/c1-9-18(23)14(21)7-12-17(10-4-2-3-5-10)11-6-13(20)15(22)8-16(11)24-19(9)12/h6-8,10,17,22-23H,2-5H2,1H3. The zero-order chi connectivity index (χ0) is 17.0. The van der Waals surface area contributed by atoms with Crippen LogP contribution in [0.4, 0.5) is 0 Å². The molecule has 4 rings (SSSR count). The average Bonchev–Trinajstić information content (AvgIpc) is 3.07. The van der Waals surface area contributed by atoms with Crippen molar-refractivity contribution < 1.29 is 14.9 Å². The van der Waals surface area contributed by atoms with Gasteiger partial charge in [0.05, 0.1) is 7.14 Å². The normalized spacial score (nSPS) is 19.7. The maximum Gasteiger partial charge on any atom is 0.137 e. The first-order chi connectivity index (χ1) is 11.5. The minimum Gasteiger partial charge on any atom is -0.507 e. The number of aromatic hydroxyl groups is 2. The molecular weight excluding hydrogens is 530 g/mol. The van der Waals surface area contributed by atoms with E-state index in [1.807, 2.05) is 6.92 Å². The molecule has 3 nitrogen and oxygen atoms in total. The van der Waals surface area contributed by atoms with Crippen molar-refractivity contribution in [2.24, 2.45) is 5.92 Å². The minimum absolute atomic E-state index is 0.246. The van der Waals surface area contributed by atoms with Crippen molar-refractivity contribution in [2.75, 3.05) is 0 Å². The number of hydrogen-bond acceptors (Lipinski definition) is 3. The number of rotatable bonds is 1. The lowest BCUT2D eigenvalue weighted by Gasteiger charge is -2.33. The Morgan fingerprint density at radius 1 is 1.00 bits per heavy atom. The summed E-state index contributed by atoms with van der Waals surface area (Å²) in [6, 6.07) is 5.85. The van der Waals surface area contributed by atoms with E-state index in [0.717, 1.165) is 29.8 Å². The van der Waals surface area contributed by atoms with Crippen LogP contribution in [-0.4, -0.2) is 10.2 Å². The molecule has 0 radical (unpaired) electrons. The number of hydrogen-bond donors (Lipinski definition) is 2. The van der Waals surface area contributed by atoms with Gasteiger partial charge in [-0.25, -0.2) is 0 Å². The maximum absolute atomic E-state index is 10.3. The van der Waals surface area contributed by atoms with Crippen LogP contribution in [0.3, 0.4) is 0 Å².